The number of hydrogen-bond acceptors (Lipinski definition) is 3. The summed E-state index contributed by atoms with van der Waals surface area (Å²) in [6.45, 7) is 4.64. The van der Waals surface area contributed by atoms with E-state index in [0.717, 1.165) is 92.0 Å². The topological polar surface area (TPSA) is 38.7 Å². The van der Waals surface area contributed by atoms with Gasteiger partial charge in [0.25, 0.3) is 0 Å². The zero-order chi connectivity index (χ0) is 39.9. The van der Waals surface area contributed by atoms with Crippen molar-refractivity contribution in [1.29, 1.82) is 0 Å². The van der Waals surface area contributed by atoms with E-state index in [1.807, 2.05) is 0 Å². The highest BCUT2D eigenvalue weighted by Gasteiger charge is 2.35. The summed E-state index contributed by atoms with van der Waals surface area (Å²) in [4.78, 5) is 17.5. The van der Waals surface area contributed by atoms with Gasteiger partial charge < -0.3 is 0 Å². The molecule has 0 saturated heterocycles. The van der Waals surface area contributed by atoms with Crippen LogP contribution in [0.2, 0.25) is 5.02 Å². The van der Waals surface area contributed by atoms with Crippen molar-refractivity contribution in [2.75, 3.05) is 0 Å². The lowest BCUT2D eigenvalue weighted by Crippen LogP contribution is -2.21. The second kappa shape index (κ2) is 16.5. The van der Waals surface area contributed by atoms with Gasteiger partial charge in [-0.2, -0.15) is 0 Å². The van der Waals surface area contributed by atoms with Gasteiger partial charge in [0, 0.05) is 5.02 Å². The lowest BCUT2D eigenvalue weighted by molar-refractivity contribution is 0.734. The quantitative estimate of drug-likeness (QED) is 0.146. The maximum absolute atomic E-state index is 6.57. The minimum atomic E-state index is 0.763. The van der Waals surface area contributed by atoms with E-state index < -0.39 is 0 Å². The molecule has 0 saturated carbocycles. The first-order chi connectivity index (χ1) is 29.1. The summed E-state index contributed by atoms with van der Waals surface area (Å²) in [6, 6.07) is 30.2. The Morgan fingerprint density at radius 2 is 0.864 bits per heavy atom. The highest BCUT2D eigenvalue weighted by molar-refractivity contribution is 6.30. The fourth-order valence-electron chi connectivity index (χ4n) is 10.7. The van der Waals surface area contributed by atoms with Gasteiger partial charge in [-0.3, -0.25) is 0 Å². The summed E-state index contributed by atoms with van der Waals surface area (Å²) in [6.07, 6.45) is 22.2. The van der Waals surface area contributed by atoms with Crippen LogP contribution < -0.4 is 0 Å². The number of allylic oxidation sites excluding steroid dienone is 2. The van der Waals surface area contributed by atoms with Crippen molar-refractivity contribution in [2.45, 2.75) is 117 Å². The fraction of sp³-hybridized carbons (Fsp3) is 0.327. The second-order valence-corrected chi connectivity index (χ2v) is 17.6. The Bertz CT molecular complexity index is 2460. The summed E-state index contributed by atoms with van der Waals surface area (Å²) < 4.78 is 0. The van der Waals surface area contributed by atoms with E-state index in [1.165, 1.54) is 117 Å². The van der Waals surface area contributed by atoms with Gasteiger partial charge >= 0.3 is 0 Å². The molecule has 0 atom stereocenters. The van der Waals surface area contributed by atoms with Gasteiger partial charge in [0.1, 0.15) is 0 Å². The first kappa shape index (κ1) is 38.1. The van der Waals surface area contributed by atoms with Crippen LogP contribution in [0.4, 0.5) is 0 Å². The van der Waals surface area contributed by atoms with Crippen LogP contribution in [-0.4, -0.2) is 15.0 Å². The number of rotatable bonds is 9. The van der Waals surface area contributed by atoms with Crippen LogP contribution in [0.25, 0.3) is 57.2 Å². The van der Waals surface area contributed by atoms with Crippen LogP contribution in [0, 0.1) is 0 Å². The molecule has 4 aliphatic carbocycles. The standard InChI is InChI=1S/C55H54ClN3/c1-3-5-21-41-43-23-13-19-38(33-35-15-9-7-10-16-35)50(43)57-52-45(41)29-31-47-49(37-25-27-40(56)28-26-37)48-32-30-46-42(22-6-4-2)44-24-14-20-39(34-36-17-11-8-12-18-36)51(44)58-53(46)55(48)59-54(47)52/h7-12,15-18,25-28,33-34H,3-6,13-14,19-24,29-32H2,1-2H3/b38-33+,39-34+. The second-order valence-electron chi connectivity index (χ2n) is 17.2. The molecule has 0 fully saturated rings. The van der Waals surface area contributed by atoms with Gasteiger partial charge in [-0.25, -0.2) is 15.0 Å². The molecular weight excluding hydrogens is 738 g/mol. The molecule has 0 amide bonds. The Morgan fingerprint density at radius 1 is 0.458 bits per heavy atom. The van der Waals surface area contributed by atoms with Crippen molar-refractivity contribution in [1.82, 2.24) is 15.0 Å². The smallest absolute Gasteiger partial charge is 0.0936 e. The van der Waals surface area contributed by atoms with Crippen molar-refractivity contribution in [2.24, 2.45) is 0 Å². The Balaban J connectivity index is 1.24. The van der Waals surface area contributed by atoms with Crippen molar-refractivity contribution < 1.29 is 0 Å². The Kier molecular flexibility index (Phi) is 10.7. The SMILES string of the molecule is CCCCc1c2c(nc3c1CCc1c-3nc3c(c1-c1ccc(Cl)cc1)CCc1c-3nc3c(c1CCCC)CCC/C3=C\c1ccccc1)/C(=C/c1ccccc1)CCC2. The van der Waals surface area contributed by atoms with Crippen molar-refractivity contribution >= 4 is 34.9 Å². The lowest BCUT2D eigenvalue weighted by Gasteiger charge is -2.33. The van der Waals surface area contributed by atoms with E-state index in [1.54, 1.807) is 11.1 Å². The highest BCUT2D eigenvalue weighted by Crippen LogP contribution is 2.49. The normalized spacial score (nSPS) is 16.5. The number of aromatic nitrogens is 3. The van der Waals surface area contributed by atoms with Gasteiger partial charge in [-0.05, 0) is 192 Å². The number of fused-ring (bicyclic) bond motifs is 8. The average Bonchev–Trinajstić information content (AvgIpc) is 3.27. The molecule has 0 aliphatic heterocycles. The van der Waals surface area contributed by atoms with Crippen LogP contribution >= 0.6 is 11.6 Å². The molecule has 3 nitrogen and oxygen atoms in total. The van der Waals surface area contributed by atoms with Crippen LogP contribution in [0.15, 0.2) is 84.9 Å². The summed E-state index contributed by atoms with van der Waals surface area (Å²) in [5.74, 6) is 0. The molecule has 0 unspecified atom stereocenters. The third kappa shape index (κ3) is 7.10. The minimum Gasteiger partial charge on any atom is -0.246 e. The van der Waals surface area contributed by atoms with Gasteiger partial charge in [0.05, 0.1) is 34.2 Å². The maximum atomic E-state index is 6.57. The van der Waals surface area contributed by atoms with Crippen molar-refractivity contribution in [3.63, 3.8) is 0 Å². The predicted molar refractivity (Wildman–Crippen MR) is 248 cm³/mol. The molecule has 59 heavy (non-hydrogen) atoms. The third-order valence-electron chi connectivity index (χ3n) is 13.5. The fourth-order valence-corrected chi connectivity index (χ4v) is 10.8. The summed E-state index contributed by atoms with van der Waals surface area (Å²) >= 11 is 6.57. The average molecular weight is 793 g/mol. The predicted octanol–water partition coefficient (Wildman–Crippen LogP) is 14.2. The zero-order valence-corrected chi connectivity index (χ0v) is 35.5. The number of halogens is 1. The number of hydrogen-bond donors (Lipinski definition) is 0. The number of unbranched alkanes of at least 4 members (excludes halogenated alkanes) is 2. The molecule has 6 aromatic rings. The molecule has 3 heterocycles. The summed E-state index contributed by atoms with van der Waals surface area (Å²) in [7, 11) is 0. The maximum Gasteiger partial charge on any atom is 0.0936 e. The Hall–Kier alpha value is -5.12. The molecule has 4 aliphatic rings. The molecule has 10 rings (SSSR count). The molecule has 3 aromatic heterocycles. The van der Waals surface area contributed by atoms with E-state index in [-0.39, 0.29) is 0 Å². The van der Waals surface area contributed by atoms with Crippen LogP contribution in [-0.2, 0) is 51.4 Å². The number of benzene rings is 3. The van der Waals surface area contributed by atoms with Gasteiger partial charge in [-0.1, -0.05) is 111 Å². The largest absolute Gasteiger partial charge is 0.246 e. The zero-order valence-electron chi connectivity index (χ0n) is 34.8. The molecule has 3 aromatic carbocycles. The number of pyridine rings is 3. The van der Waals surface area contributed by atoms with Gasteiger partial charge in [0.15, 0.2) is 0 Å². The molecule has 0 bridgehead atoms. The van der Waals surface area contributed by atoms with E-state index in [2.05, 4.69) is 111 Å². The van der Waals surface area contributed by atoms with Crippen molar-refractivity contribution in [3.8, 4) is 33.9 Å². The molecular formula is C55H54ClN3. The van der Waals surface area contributed by atoms with E-state index >= 15 is 0 Å². The molecule has 0 radical (unpaired) electrons. The van der Waals surface area contributed by atoms with Gasteiger partial charge in [0.2, 0.25) is 0 Å². The first-order valence-electron chi connectivity index (χ1n) is 22.5. The molecule has 0 N–H and O–H groups in total. The van der Waals surface area contributed by atoms with E-state index in [9.17, 15) is 0 Å². The third-order valence-corrected chi connectivity index (χ3v) is 13.7. The van der Waals surface area contributed by atoms with Gasteiger partial charge in [-0.15, -0.1) is 0 Å². The van der Waals surface area contributed by atoms with E-state index in [0.29, 0.717) is 0 Å². The lowest BCUT2D eigenvalue weighted by atomic mass is 9.75. The highest BCUT2D eigenvalue weighted by atomic mass is 35.5. The van der Waals surface area contributed by atoms with E-state index in [4.69, 9.17) is 26.6 Å². The Morgan fingerprint density at radius 3 is 1.32 bits per heavy atom. The van der Waals surface area contributed by atoms with Crippen LogP contribution in [0.5, 0.6) is 0 Å². The molecule has 0 spiro atoms. The van der Waals surface area contributed by atoms with Crippen molar-refractivity contribution in [3.05, 3.63) is 157 Å². The minimum absolute atomic E-state index is 0.763. The monoisotopic (exact) mass is 791 g/mol. The number of nitrogens with zero attached hydrogens (tertiary/aromatic N) is 3. The molecule has 296 valence electrons. The van der Waals surface area contributed by atoms with Crippen LogP contribution in [0.1, 0.15) is 132 Å². The van der Waals surface area contributed by atoms with Crippen LogP contribution in [0.3, 0.4) is 0 Å². The Labute approximate surface area is 355 Å². The molecule has 4 heteroatoms. The summed E-state index contributed by atoms with van der Waals surface area (Å²) in [5, 5.41) is 0.763. The first-order valence-corrected chi connectivity index (χ1v) is 22.9. The summed E-state index contributed by atoms with van der Waals surface area (Å²) in [5.41, 5.74) is 26.2.